The summed E-state index contributed by atoms with van der Waals surface area (Å²) in [5.74, 6) is -1.64. The van der Waals surface area contributed by atoms with E-state index < -0.39 is 12.3 Å². The Balaban J connectivity index is 4.98. The Bertz CT molecular complexity index is 332. The minimum atomic E-state index is -1.27. The molecule has 7 heteroatoms. The second-order valence-corrected chi connectivity index (χ2v) is 3.39. The van der Waals surface area contributed by atoms with Gasteiger partial charge in [-0.05, 0) is 6.92 Å². The molecule has 0 radical (unpaired) electrons. The van der Waals surface area contributed by atoms with E-state index in [0.29, 0.717) is 0 Å². The van der Waals surface area contributed by atoms with Crippen LogP contribution in [0.3, 0.4) is 0 Å². The van der Waals surface area contributed by atoms with Gasteiger partial charge >= 0.3 is 5.97 Å². The number of aliphatic hydroxyl groups is 1. The Kier molecular flexibility index (Phi) is 7.93. The van der Waals surface area contributed by atoms with Crippen LogP contribution in [0.1, 0.15) is 6.92 Å². The van der Waals surface area contributed by atoms with E-state index in [1.54, 1.807) is 0 Å². The van der Waals surface area contributed by atoms with Gasteiger partial charge < -0.3 is 24.4 Å². The first-order valence-electron chi connectivity index (χ1n) is 5.19. The van der Waals surface area contributed by atoms with Crippen LogP contribution in [0.15, 0.2) is 16.3 Å². The Labute approximate surface area is 106 Å². The molecule has 18 heavy (non-hydrogen) atoms. The zero-order chi connectivity index (χ0) is 14.1. The zero-order valence-corrected chi connectivity index (χ0v) is 11.0. The van der Waals surface area contributed by atoms with Crippen molar-refractivity contribution in [2.45, 2.75) is 13.2 Å². The van der Waals surface area contributed by atoms with Crippen molar-refractivity contribution in [3.63, 3.8) is 0 Å². The van der Waals surface area contributed by atoms with Gasteiger partial charge in [0, 0.05) is 27.0 Å². The van der Waals surface area contributed by atoms with E-state index in [-0.39, 0.29) is 30.2 Å². The maximum Gasteiger partial charge on any atom is 0.341 e. The molecule has 0 aliphatic carbocycles. The Hall–Kier alpha value is -1.44. The van der Waals surface area contributed by atoms with Crippen molar-refractivity contribution in [2.75, 3.05) is 34.5 Å². The molecule has 0 aliphatic rings. The molecule has 0 aromatic heterocycles. The average molecular weight is 261 g/mol. The molecule has 0 aromatic rings. The number of carboxylic acid groups (broad SMARTS) is 1. The predicted octanol–water partition coefficient (Wildman–Crippen LogP) is 0.609. The van der Waals surface area contributed by atoms with Gasteiger partial charge in [-0.2, -0.15) is 0 Å². The Morgan fingerprint density at radius 3 is 2.17 bits per heavy atom. The summed E-state index contributed by atoms with van der Waals surface area (Å²) in [6, 6.07) is 0. The molecule has 0 spiro atoms. The third kappa shape index (κ3) is 5.26. The summed E-state index contributed by atoms with van der Waals surface area (Å²) in [5, 5.41) is 18.6. The van der Waals surface area contributed by atoms with Gasteiger partial charge in [0.25, 0.3) is 0 Å². The monoisotopic (exact) mass is 261 g/mol. The van der Waals surface area contributed by atoms with Crippen molar-refractivity contribution >= 4 is 11.7 Å². The first kappa shape index (κ1) is 16.6. The fourth-order valence-electron chi connectivity index (χ4n) is 1.23. The summed E-state index contributed by atoms with van der Waals surface area (Å²) in [7, 11) is 4.26. The summed E-state index contributed by atoms with van der Waals surface area (Å²) in [6.45, 7) is 1.43. The maximum absolute atomic E-state index is 11.0. The van der Waals surface area contributed by atoms with E-state index in [4.69, 9.17) is 14.6 Å². The van der Waals surface area contributed by atoms with Gasteiger partial charge in [-0.15, -0.1) is 0 Å². The zero-order valence-electron chi connectivity index (χ0n) is 11.0. The van der Waals surface area contributed by atoms with Crippen LogP contribution in [0.4, 0.5) is 0 Å². The van der Waals surface area contributed by atoms with Crippen molar-refractivity contribution in [1.29, 1.82) is 0 Å². The second kappa shape index (κ2) is 8.62. The van der Waals surface area contributed by atoms with E-state index in [9.17, 15) is 9.90 Å². The van der Waals surface area contributed by atoms with Gasteiger partial charge in [0.1, 0.15) is 17.9 Å². The first-order valence-corrected chi connectivity index (χ1v) is 5.19. The van der Waals surface area contributed by atoms with Crippen LogP contribution in [0.2, 0.25) is 0 Å². The van der Waals surface area contributed by atoms with E-state index in [0.717, 1.165) is 0 Å². The lowest BCUT2D eigenvalue weighted by Crippen LogP contribution is -2.20. The van der Waals surface area contributed by atoms with Crippen LogP contribution in [0.25, 0.3) is 0 Å². The van der Waals surface area contributed by atoms with Crippen LogP contribution >= 0.6 is 0 Å². The molecule has 0 saturated heterocycles. The molecular formula is C11H19NO6. The number of ether oxygens (including phenoxy) is 3. The number of hydrogen-bond acceptors (Lipinski definition) is 6. The van der Waals surface area contributed by atoms with Gasteiger partial charge in [-0.1, -0.05) is 0 Å². The van der Waals surface area contributed by atoms with E-state index in [1.807, 2.05) is 0 Å². The maximum atomic E-state index is 11.0. The summed E-state index contributed by atoms with van der Waals surface area (Å²) < 4.78 is 14.5. The van der Waals surface area contributed by atoms with Crippen molar-refractivity contribution < 1.29 is 29.2 Å². The number of aliphatic hydroxyl groups excluding tert-OH is 1. The van der Waals surface area contributed by atoms with Gasteiger partial charge in [0.05, 0.1) is 6.54 Å². The third-order valence-corrected chi connectivity index (χ3v) is 2.15. The molecule has 0 bridgehead atoms. The first-order chi connectivity index (χ1) is 8.47. The highest BCUT2D eigenvalue weighted by Crippen LogP contribution is 2.07. The Morgan fingerprint density at radius 2 is 1.78 bits per heavy atom. The fraction of sp³-hybridized carbons (Fsp3) is 0.636. The molecule has 0 unspecified atom stereocenters. The predicted molar refractivity (Wildman–Crippen MR) is 64.9 cm³/mol. The summed E-state index contributed by atoms with van der Waals surface area (Å²) in [4.78, 5) is 15.0. The third-order valence-electron chi connectivity index (χ3n) is 2.15. The molecule has 0 aliphatic heterocycles. The second-order valence-electron chi connectivity index (χ2n) is 3.39. The van der Waals surface area contributed by atoms with Gasteiger partial charge in [-0.25, -0.2) is 4.79 Å². The van der Waals surface area contributed by atoms with E-state index >= 15 is 0 Å². The lowest BCUT2D eigenvalue weighted by Gasteiger charge is -2.11. The SMILES string of the molecule is COCC(O)=C(C(=O)O)C(C)=NCC(OC)OC. The fourth-order valence-corrected chi connectivity index (χ4v) is 1.23. The van der Waals surface area contributed by atoms with Gasteiger partial charge in [0.15, 0.2) is 6.29 Å². The van der Waals surface area contributed by atoms with Gasteiger partial charge in [-0.3, -0.25) is 4.99 Å². The van der Waals surface area contributed by atoms with Crippen LogP contribution in [0.5, 0.6) is 0 Å². The minimum Gasteiger partial charge on any atom is -0.509 e. The average Bonchev–Trinajstić information content (AvgIpc) is 2.30. The number of nitrogens with zero attached hydrogens (tertiary/aromatic N) is 1. The summed E-state index contributed by atoms with van der Waals surface area (Å²) in [6.07, 6.45) is -0.556. The van der Waals surface area contributed by atoms with Crippen molar-refractivity contribution in [2.24, 2.45) is 4.99 Å². The van der Waals surface area contributed by atoms with Crippen LogP contribution < -0.4 is 0 Å². The highest BCUT2D eigenvalue weighted by molar-refractivity contribution is 6.18. The number of carboxylic acids is 1. The molecular weight excluding hydrogens is 242 g/mol. The number of aliphatic imine (C=N–C) groups is 1. The van der Waals surface area contributed by atoms with Gasteiger partial charge in [0.2, 0.25) is 0 Å². The van der Waals surface area contributed by atoms with E-state index in [2.05, 4.69) is 9.73 Å². The molecule has 0 heterocycles. The number of carbonyl (C=O) groups is 1. The summed E-state index contributed by atoms with van der Waals surface area (Å²) in [5.41, 5.74) is -0.0982. The minimum absolute atomic E-state index is 0.135. The molecule has 7 nitrogen and oxygen atoms in total. The van der Waals surface area contributed by atoms with Crippen molar-refractivity contribution in [1.82, 2.24) is 0 Å². The molecule has 0 aromatic carbocycles. The number of hydrogen-bond donors (Lipinski definition) is 2. The highest BCUT2D eigenvalue weighted by atomic mass is 16.7. The molecule has 104 valence electrons. The van der Waals surface area contributed by atoms with Crippen LogP contribution in [0, 0.1) is 0 Å². The number of methoxy groups -OCH3 is 3. The standard InChI is InChI=1S/C11H19NO6/c1-7(12-5-9(17-3)18-4)10(11(14)15)8(13)6-16-2/h9,13H,5-6H2,1-4H3,(H,14,15). The van der Waals surface area contributed by atoms with E-state index in [1.165, 1.54) is 28.3 Å². The topological polar surface area (TPSA) is 97.6 Å². The van der Waals surface area contributed by atoms with Crippen molar-refractivity contribution in [3.8, 4) is 0 Å². The molecule has 0 amide bonds. The highest BCUT2D eigenvalue weighted by Gasteiger charge is 2.17. The lowest BCUT2D eigenvalue weighted by molar-refractivity contribution is -0.132. The normalized spacial score (nSPS) is 13.7. The number of rotatable bonds is 8. The van der Waals surface area contributed by atoms with Crippen LogP contribution in [-0.2, 0) is 19.0 Å². The number of aliphatic carboxylic acids is 1. The molecule has 0 rings (SSSR count). The molecule has 2 N–H and O–H groups in total. The molecule has 0 atom stereocenters. The van der Waals surface area contributed by atoms with Crippen LogP contribution in [-0.4, -0.2) is 62.7 Å². The molecule has 0 fully saturated rings. The smallest absolute Gasteiger partial charge is 0.341 e. The quantitative estimate of drug-likeness (QED) is 0.287. The lowest BCUT2D eigenvalue weighted by atomic mass is 10.1. The summed E-state index contributed by atoms with van der Waals surface area (Å²) >= 11 is 0. The largest absolute Gasteiger partial charge is 0.509 e. The van der Waals surface area contributed by atoms with Crippen molar-refractivity contribution in [3.05, 3.63) is 11.3 Å². The Morgan fingerprint density at radius 1 is 1.22 bits per heavy atom. The molecule has 0 saturated carbocycles.